The molecular formula is C10H10N2O2S. The standard InChI is InChI=1S/C10H10N2O2S/c13-12(14)7-8(9-3-1-5-11-9)10-4-2-6-15-10/h1-6,8,11H,7H2/t8-/m0/s1. The Morgan fingerprint density at radius 1 is 1.47 bits per heavy atom. The molecule has 0 fully saturated rings. The summed E-state index contributed by atoms with van der Waals surface area (Å²) in [5.74, 6) is -0.157. The van der Waals surface area contributed by atoms with Gasteiger partial charge < -0.3 is 4.98 Å². The van der Waals surface area contributed by atoms with Crippen molar-refractivity contribution in [3.8, 4) is 0 Å². The number of hydrogen-bond donors (Lipinski definition) is 1. The van der Waals surface area contributed by atoms with Crippen LogP contribution in [0.5, 0.6) is 0 Å². The van der Waals surface area contributed by atoms with E-state index in [2.05, 4.69) is 4.98 Å². The summed E-state index contributed by atoms with van der Waals surface area (Å²) in [5.41, 5.74) is 0.897. The quantitative estimate of drug-likeness (QED) is 0.638. The summed E-state index contributed by atoms with van der Waals surface area (Å²) in [7, 11) is 0. The molecule has 0 spiro atoms. The van der Waals surface area contributed by atoms with E-state index in [0.29, 0.717) is 0 Å². The molecule has 0 aliphatic carbocycles. The van der Waals surface area contributed by atoms with E-state index in [1.165, 1.54) is 0 Å². The minimum atomic E-state index is -0.273. The molecule has 0 saturated heterocycles. The Kier molecular flexibility index (Phi) is 2.82. The highest BCUT2D eigenvalue weighted by atomic mass is 32.1. The molecule has 0 aliphatic rings. The van der Waals surface area contributed by atoms with Crippen molar-refractivity contribution in [1.82, 2.24) is 4.98 Å². The summed E-state index contributed by atoms with van der Waals surface area (Å²) in [6.07, 6.45) is 1.79. The zero-order chi connectivity index (χ0) is 10.7. The molecule has 78 valence electrons. The highest BCUT2D eigenvalue weighted by molar-refractivity contribution is 7.10. The zero-order valence-electron chi connectivity index (χ0n) is 7.92. The summed E-state index contributed by atoms with van der Waals surface area (Å²) in [6.45, 7) is -0.0684. The molecule has 1 atom stereocenters. The van der Waals surface area contributed by atoms with Crippen LogP contribution in [0.2, 0.25) is 0 Å². The van der Waals surface area contributed by atoms with Crippen molar-refractivity contribution in [2.75, 3.05) is 6.54 Å². The van der Waals surface area contributed by atoms with Gasteiger partial charge in [0.15, 0.2) is 0 Å². The molecule has 2 rings (SSSR count). The van der Waals surface area contributed by atoms with Gasteiger partial charge in [0.2, 0.25) is 6.54 Å². The number of nitrogens with one attached hydrogen (secondary N) is 1. The van der Waals surface area contributed by atoms with Crippen molar-refractivity contribution in [1.29, 1.82) is 0 Å². The van der Waals surface area contributed by atoms with Crippen molar-refractivity contribution >= 4 is 11.3 Å². The Bertz CT molecular complexity index is 388. The summed E-state index contributed by atoms with van der Waals surface area (Å²) in [6, 6.07) is 7.58. The molecule has 0 bridgehead atoms. The maximum atomic E-state index is 10.6. The fourth-order valence-corrected chi connectivity index (χ4v) is 2.38. The average Bonchev–Trinajstić information content (AvgIpc) is 2.87. The molecule has 1 N–H and O–H groups in total. The van der Waals surface area contributed by atoms with Crippen LogP contribution in [0, 0.1) is 10.1 Å². The van der Waals surface area contributed by atoms with Crippen molar-refractivity contribution < 1.29 is 4.92 Å². The molecule has 2 heterocycles. The van der Waals surface area contributed by atoms with Crippen LogP contribution in [0.25, 0.3) is 0 Å². The van der Waals surface area contributed by atoms with E-state index in [1.807, 2.05) is 29.6 Å². The Morgan fingerprint density at radius 2 is 2.33 bits per heavy atom. The SMILES string of the molecule is O=[N+]([O-])C[C@@H](c1ccc[nH]1)c1cccs1. The van der Waals surface area contributed by atoms with Crippen LogP contribution >= 0.6 is 11.3 Å². The van der Waals surface area contributed by atoms with Crippen LogP contribution in [-0.4, -0.2) is 16.5 Å². The van der Waals surface area contributed by atoms with Gasteiger partial charge in [-0.25, -0.2) is 0 Å². The smallest absolute Gasteiger partial charge is 0.216 e. The van der Waals surface area contributed by atoms with Crippen LogP contribution in [0.1, 0.15) is 16.5 Å². The van der Waals surface area contributed by atoms with E-state index >= 15 is 0 Å². The van der Waals surface area contributed by atoms with Crippen molar-refractivity contribution in [2.24, 2.45) is 0 Å². The third-order valence-corrected chi connectivity index (χ3v) is 3.20. The first-order chi connectivity index (χ1) is 7.27. The molecule has 2 aromatic rings. The molecule has 4 nitrogen and oxygen atoms in total. The maximum Gasteiger partial charge on any atom is 0.216 e. The van der Waals surface area contributed by atoms with E-state index in [-0.39, 0.29) is 17.4 Å². The monoisotopic (exact) mass is 222 g/mol. The van der Waals surface area contributed by atoms with Gasteiger partial charge in [0.25, 0.3) is 0 Å². The molecule has 0 radical (unpaired) electrons. The van der Waals surface area contributed by atoms with Gasteiger partial charge in [0.1, 0.15) is 0 Å². The Morgan fingerprint density at radius 3 is 2.87 bits per heavy atom. The second-order valence-electron chi connectivity index (χ2n) is 3.21. The minimum absolute atomic E-state index is 0.0684. The predicted octanol–water partition coefficient (Wildman–Crippen LogP) is 2.48. The van der Waals surface area contributed by atoms with E-state index < -0.39 is 0 Å². The van der Waals surface area contributed by atoms with Crippen LogP contribution < -0.4 is 0 Å². The number of thiophene rings is 1. The van der Waals surface area contributed by atoms with Crippen molar-refractivity contribution in [2.45, 2.75) is 5.92 Å². The van der Waals surface area contributed by atoms with Gasteiger partial charge in [-0.1, -0.05) is 6.07 Å². The lowest BCUT2D eigenvalue weighted by Gasteiger charge is -2.08. The summed E-state index contributed by atoms with van der Waals surface area (Å²) in [4.78, 5) is 14.4. The van der Waals surface area contributed by atoms with Gasteiger partial charge in [0.05, 0.1) is 5.92 Å². The van der Waals surface area contributed by atoms with Crippen LogP contribution in [0.4, 0.5) is 0 Å². The molecule has 0 unspecified atom stereocenters. The molecule has 0 saturated carbocycles. The summed E-state index contributed by atoms with van der Waals surface area (Å²) in [5, 5.41) is 12.5. The topological polar surface area (TPSA) is 58.9 Å². The molecule has 5 heteroatoms. The third-order valence-electron chi connectivity index (χ3n) is 2.22. The number of nitrogens with zero attached hydrogens (tertiary/aromatic N) is 1. The molecule has 2 aromatic heterocycles. The number of rotatable bonds is 4. The third kappa shape index (κ3) is 2.24. The average molecular weight is 222 g/mol. The first-order valence-electron chi connectivity index (χ1n) is 4.56. The van der Waals surface area contributed by atoms with Gasteiger partial charge in [-0.3, -0.25) is 10.1 Å². The highest BCUT2D eigenvalue weighted by Gasteiger charge is 2.21. The van der Waals surface area contributed by atoms with Gasteiger partial charge in [-0.2, -0.15) is 0 Å². The maximum absolute atomic E-state index is 10.6. The van der Waals surface area contributed by atoms with Gasteiger partial charge in [-0.05, 0) is 23.6 Å². The first-order valence-corrected chi connectivity index (χ1v) is 5.44. The second-order valence-corrected chi connectivity index (χ2v) is 4.19. The lowest BCUT2D eigenvalue weighted by molar-refractivity contribution is -0.481. The van der Waals surface area contributed by atoms with Crippen LogP contribution in [-0.2, 0) is 0 Å². The number of hydrogen-bond acceptors (Lipinski definition) is 3. The number of H-pyrrole nitrogens is 1. The summed E-state index contributed by atoms with van der Waals surface area (Å²) < 4.78 is 0. The normalized spacial score (nSPS) is 12.5. The van der Waals surface area contributed by atoms with E-state index in [9.17, 15) is 10.1 Å². The molecule has 0 aromatic carbocycles. The first kappa shape index (κ1) is 9.92. The van der Waals surface area contributed by atoms with E-state index in [0.717, 1.165) is 10.6 Å². The largest absolute Gasteiger partial charge is 0.364 e. The van der Waals surface area contributed by atoms with Crippen molar-refractivity contribution in [3.63, 3.8) is 0 Å². The van der Waals surface area contributed by atoms with Crippen molar-refractivity contribution in [3.05, 3.63) is 56.5 Å². The van der Waals surface area contributed by atoms with Crippen LogP contribution in [0.15, 0.2) is 35.8 Å². The minimum Gasteiger partial charge on any atom is -0.364 e. The Labute approximate surface area is 90.7 Å². The highest BCUT2D eigenvalue weighted by Crippen LogP contribution is 2.27. The number of aromatic nitrogens is 1. The molecular weight excluding hydrogens is 212 g/mol. The number of aromatic amines is 1. The van der Waals surface area contributed by atoms with Gasteiger partial charge in [-0.15, -0.1) is 11.3 Å². The fourth-order valence-electron chi connectivity index (χ4n) is 1.54. The van der Waals surface area contributed by atoms with Gasteiger partial charge >= 0.3 is 0 Å². The van der Waals surface area contributed by atoms with Crippen LogP contribution in [0.3, 0.4) is 0 Å². The molecule has 15 heavy (non-hydrogen) atoms. The second kappa shape index (κ2) is 4.27. The lowest BCUT2D eigenvalue weighted by Crippen LogP contribution is -2.13. The fraction of sp³-hybridized carbons (Fsp3) is 0.200. The van der Waals surface area contributed by atoms with E-state index in [4.69, 9.17) is 0 Å². The number of nitro groups is 1. The van der Waals surface area contributed by atoms with Gasteiger partial charge in [0, 0.05) is 21.7 Å². The molecule has 0 aliphatic heterocycles. The predicted molar refractivity (Wildman–Crippen MR) is 58.8 cm³/mol. The molecule has 0 amide bonds. The summed E-state index contributed by atoms with van der Waals surface area (Å²) >= 11 is 1.55. The zero-order valence-corrected chi connectivity index (χ0v) is 8.74. The Balaban J connectivity index is 2.29. The Hall–Kier alpha value is -1.62. The lowest BCUT2D eigenvalue weighted by atomic mass is 10.0. The van der Waals surface area contributed by atoms with E-state index in [1.54, 1.807) is 17.5 Å².